The number of rotatable bonds is 4. The lowest BCUT2D eigenvalue weighted by atomic mass is 9.81. The van der Waals surface area contributed by atoms with Crippen molar-refractivity contribution in [3.8, 4) is 0 Å². The summed E-state index contributed by atoms with van der Waals surface area (Å²) in [6.07, 6.45) is 1.73. The van der Waals surface area contributed by atoms with Crippen molar-refractivity contribution in [2.75, 3.05) is 13.3 Å². The molecule has 1 aromatic rings. The molecule has 1 aliphatic heterocycles. The Bertz CT molecular complexity index is 529. The zero-order valence-corrected chi connectivity index (χ0v) is 14.9. The summed E-state index contributed by atoms with van der Waals surface area (Å²) in [5.41, 5.74) is 0.693. The van der Waals surface area contributed by atoms with Gasteiger partial charge in [0.05, 0.1) is 11.2 Å². The molecule has 5 heteroatoms. The molecular formula is C16H26BO3P. The molecule has 0 aliphatic carbocycles. The summed E-state index contributed by atoms with van der Waals surface area (Å²) in [4.78, 5) is 0. The molecule has 1 fully saturated rings. The summed E-state index contributed by atoms with van der Waals surface area (Å²) in [5, 5.41) is 0.932. The van der Waals surface area contributed by atoms with E-state index in [-0.39, 0.29) is 18.3 Å². The average Bonchev–Trinajstić information content (AvgIpc) is 2.55. The van der Waals surface area contributed by atoms with E-state index in [1.165, 1.54) is 5.56 Å². The Kier molecular flexibility index (Phi) is 4.46. The second kappa shape index (κ2) is 5.57. The molecule has 0 radical (unpaired) electrons. The summed E-state index contributed by atoms with van der Waals surface area (Å²) in [5.74, 6) is 0. The van der Waals surface area contributed by atoms with Gasteiger partial charge in [0.1, 0.15) is 7.14 Å². The van der Waals surface area contributed by atoms with Gasteiger partial charge in [-0.05, 0) is 59.3 Å². The molecular weight excluding hydrogens is 282 g/mol. The van der Waals surface area contributed by atoms with Crippen molar-refractivity contribution < 1.29 is 13.9 Å². The van der Waals surface area contributed by atoms with Gasteiger partial charge in [-0.25, -0.2) is 0 Å². The van der Waals surface area contributed by atoms with Crippen molar-refractivity contribution in [3.63, 3.8) is 0 Å². The number of hydrogen-bond acceptors (Lipinski definition) is 3. The van der Waals surface area contributed by atoms with Crippen molar-refractivity contribution in [3.05, 3.63) is 29.8 Å². The fraction of sp³-hybridized carbons (Fsp3) is 0.625. The Labute approximate surface area is 128 Å². The van der Waals surface area contributed by atoms with E-state index in [0.29, 0.717) is 0 Å². The van der Waals surface area contributed by atoms with Crippen LogP contribution in [0.15, 0.2) is 24.3 Å². The Hall–Kier alpha value is -0.565. The van der Waals surface area contributed by atoms with Crippen LogP contribution in [-0.4, -0.2) is 31.7 Å². The van der Waals surface area contributed by atoms with Crippen LogP contribution in [0.2, 0.25) is 6.32 Å². The van der Waals surface area contributed by atoms with Crippen LogP contribution in [0.1, 0.15) is 33.3 Å². The van der Waals surface area contributed by atoms with Crippen molar-refractivity contribution in [1.29, 1.82) is 0 Å². The van der Waals surface area contributed by atoms with Gasteiger partial charge in [0.15, 0.2) is 0 Å². The predicted octanol–water partition coefficient (Wildman–Crippen LogP) is 3.57. The molecule has 1 aliphatic rings. The van der Waals surface area contributed by atoms with Crippen molar-refractivity contribution >= 4 is 19.6 Å². The van der Waals surface area contributed by atoms with Gasteiger partial charge < -0.3 is 13.9 Å². The topological polar surface area (TPSA) is 35.5 Å². The molecule has 21 heavy (non-hydrogen) atoms. The van der Waals surface area contributed by atoms with Crippen LogP contribution in [-0.2, 0) is 20.3 Å². The monoisotopic (exact) mass is 308 g/mol. The summed E-state index contributed by atoms with van der Waals surface area (Å²) in [6, 6.07) is 8.06. The molecule has 1 heterocycles. The lowest BCUT2D eigenvalue weighted by Gasteiger charge is -2.32. The van der Waals surface area contributed by atoms with Gasteiger partial charge in [-0.3, -0.25) is 0 Å². The highest BCUT2D eigenvalue weighted by Crippen LogP contribution is 2.38. The molecule has 116 valence electrons. The summed E-state index contributed by atoms with van der Waals surface area (Å²) < 4.78 is 24.0. The van der Waals surface area contributed by atoms with Gasteiger partial charge in [0, 0.05) is 5.30 Å². The van der Waals surface area contributed by atoms with E-state index in [9.17, 15) is 4.57 Å². The summed E-state index contributed by atoms with van der Waals surface area (Å²) in [7, 11) is -2.32. The zero-order chi connectivity index (χ0) is 15.9. The number of hydrogen-bond donors (Lipinski definition) is 0. The average molecular weight is 308 g/mol. The molecule has 0 N–H and O–H groups in total. The smallest absolute Gasteiger partial charge is 0.403 e. The molecule has 1 aromatic carbocycles. The molecule has 0 unspecified atom stereocenters. The number of aryl methyl sites for hydroxylation is 1. The molecule has 3 nitrogen and oxygen atoms in total. The highest BCUT2D eigenvalue weighted by molar-refractivity contribution is 7.70. The van der Waals surface area contributed by atoms with E-state index in [0.717, 1.165) is 18.0 Å². The fourth-order valence-corrected chi connectivity index (χ4v) is 3.26. The summed E-state index contributed by atoms with van der Waals surface area (Å²) >= 11 is 0. The van der Waals surface area contributed by atoms with Crippen LogP contribution >= 0.6 is 7.14 Å². The standard InChI is InChI=1S/C16H26BO3P/c1-15(2)16(3,4)20-17(19-15)12-11-13-7-9-14(10-8-13)21(5,6)18/h7-10H,11-12H2,1-6H3. The van der Waals surface area contributed by atoms with Crippen LogP contribution in [0.25, 0.3) is 0 Å². The minimum absolute atomic E-state index is 0.155. The van der Waals surface area contributed by atoms with Crippen LogP contribution < -0.4 is 5.30 Å². The quantitative estimate of drug-likeness (QED) is 0.630. The predicted molar refractivity (Wildman–Crippen MR) is 90.1 cm³/mol. The van der Waals surface area contributed by atoms with E-state index < -0.39 is 7.14 Å². The van der Waals surface area contributed by atoms with Crippen molar-refractivity contribution in [2.24, 2.45) is 0 Å². The first-order chi connectivity index (χ1) is 9.51. The maximum Gasteiger partial charge on any atom is 0.458 e. The van der Waals surface area contributed by atoms with Crippen molar-refractivity contribution in [2.45, 2.75) is 51.6 Å². The molecule has 2 rings (SSSR count). The third-order valence-electron chi connectivity index (χ3n) is 4.53. The molecule has 0 saturated carbocycles. The molecule has 0 aromatic heterocycles. The van der Waals surface area contributed by atoms with Gasteiger partial charge in [0.25, 0.3) is 0 Å². The minimum atomic E-state index is -2.16. The summed E-state index contributed by atoms with van der Waals surface area (Å²) in [6.45, 7) is 11.9. The Balaban J connectivity index is 1.94. The molecule has 0 spiro atoms. The Morgan fingerprint density at radius 2 is 1.48 bits per heavy atom. The number of benzene rings is 1. The largest absolute Gasteiger partial charge is 0.458 e. The van der Waals surface area contributed by atoms with E-state index in [1.807, 2.05) is 12.1 Å². The van der Waals surface area contributed by atoms with Gasteiger partial charge >= 0.3 is 7.12 Å². The van der Waals surface area contributed by atoms with Crippen LogP contribution in [0.3, 0.4) is 0 Å². The van der Waals surface area contributed by atoms with E-state index >= 15 is 0 Å². The Morgan fingerprint density at radius 3 is 1.90 bits per heavy atom. The first-order valence-corrected chi connectivity index (χ1v) is 10.1. The fourth-order valence-electron chi connectivity index (χ4n) is 2.39. The van der Waals surface area contributed by atoms with Gasteiger partial charge in [-0.2, -0.15) is 0 Å². The van der Waals surface area contributed by atoms with Crippen LogP contribution in [0, 0.1) is 0 Å². The second-order valence-corrected chi connectivity index (χ2v) is 10.5. The first-order valence-electron chi connectivity index (χ1n) is 7.51. The van der Waals surface area contributed by atoms with E-state index in [1.54, 1.807) is 13.3 Å². The van der Waals surface area contributed by atoms with Crippen LogP contribution in [0.4, 0.5) is 0 Å². The third kappa shape index (κ3) is 3.80. The Morgan fingerprint density at radius 1 is 1.00 bits per heavy atom. The molecule has 0 atom stereocenters. The maximum atomic E-state index is 12.0. The lowest BCUT2D eigenvalue weighted by Crippen LogP contribution is -2.41. The van der Waals surface area contributed by atoms with Crippen molar-refractivity contribution in [1.82, 2.24) is 0 Å². The van der Waals surface area contributed by atoms with E-state index in [2.05, 4.69) is 39.8 Å². The highest BCUT2D eigenvalue weighted by Gasteiger charge is 2.50. The normalized spacial score (nSPS) is 20.8. The molecule has 0 amide bonds. The SMILES string of the molecule is CC1(C)OB(CCc2ccc(P(C)(C)=O)cc2)OC1(C)C. The molecule has 1 saturated heterocycles. The van der Waals surface area contributed by atoms with Gasteiger partial charge in [-0.15, -0.1) is 0 Å². The molecule has 0 bridgehead atoms. The van der Waals surface area contributed by atoms with Gasteiger partial charge in [-0.1, -0.05) is 24.3 Å². The minimum Gasteiger partial charge on any atom is -0.403 e. The van der Waals surface area contributed by atoms with Gasteiger partial charge in [0.2, 0.25) is 0 Å². The third-order valence-corrected chi connectivity index (χ3v) is 6.07. The lowest BCUT2D eigenvalue weighted by molar-refractivity contribution is 0.00578. The first kappa shape index (κ1) is 16.8. The van der Waals surface area contributed by atoms with Crippen LogP contribution in [0.5, 0.6) is 0 Å². The zero-order valence-electron chi connectivity index (χ0n) is 14.0. The maximum absolute atomic E-state index is 12.0. The highest BCUT2D eigenvalue weighted by atomic mass is 31.2. The second-order valence-electron chi connectivity index (χ2n) is 7.24. The van der Waals surface area contributed by atoms with E-state index in [4.69, 9.17) is 9.31 Å².